The molecule has 0 fully saturated rings. The molecule has 3 unspecified atom stereocenters. The molecule has 0 aliphatic rings. The molecular formula is C112H181O9P3. The summed E-state index contributed by atoms with van der Waals surface area (Å²) in [5.74, 6) is 4.78. The van der Waals surface area contributed by atoms with Crippen molar-refractivity contribution in [3.8, 4) is 34.5 Å². The Labute approximate surface area is 766 Å². The molecule has 698 valence electrons. The lowest BCUT2D eigenvalue weighted by Gasteiger charge is -2.33. The van der Waals surface area contributed by atoms with E-state index in [1.165, 1.54) is 282 Å². The van der Waals surface area contributed by atoms with E-state index in [2.05, 4.69) is 241 Å². The Kier molecular flexibility index (Phi) is 54.5. The third-order valence-corrected chi connectivity index (χ3v) is 28.2. The highest BCUT2D eigenvalue weighted by atomic mass is 31.2. The first-order chi connectivity index (χ1) is 59.9. The van der Waals surface area contributed by atoms with Gasteiger partial charge in [0, 0.05) is 22.6 Å². The Morgan fingerprint density at radius 2 is 0.500 bits per heavy atom. The van der Waals surface area contributed by atoms with Crippen LogP contribution in [0, 0.1) is 20.8 Å². The SMILES string of the molecule is CCCCCCCCCCOP(OCCCCCCCCCC)Oc1cc(C)c(C(CC(C)c2cc(C(C)(C)C)c(OP(Oc3cccc(CCCCCCCCC)c3)Oc3cccc(CCCCCCCCC)c3)cc2C)c2cc(C(C)(C)C)c(OP(OCCCCCCCCCC)Oc3cccc(CCCCCCCCC)c3)cc2C)cc1C(C)(C)C. The van der Waals surface area contributed by atoms with Crippen molar-refractivity contribution in [2.75, 3.05) is 19.8 Å². The molecule has 0 saturated carbocycles. The quantitative estimate of drug-likeness (QED) is 0.0274. The van der Waals surface area contributed by atoms with Crippen LogP contribution in [0.15, 0.2) is 109 Å². The van der Waals surface area contributed by atoms with Crippen LogP contribution >= 0.6 is 25.8 Å². The van der Waals surface area contributed by atoms with Gasteiger partial charge in [-0.05, 0) is 212 Å². The van der Waals surface area contributed by atoms with E-state index in [0.29, 0.717) is 19.8 Å². The van der Waals surface area contributed by atoms with E-state index in [4.69, 9.17) is 40.7 Å². The summed E-state index contributed by atoms with van der Waals surface area (Å²) < 4.78 is 63.7. The number of aryl methyl sites for hydroxylation is 6. The maximum absolute atomic E-state index is 7.37. The van der Waals surface area contributed by atoms with Gasteiger partial charge in [0.25, 0.3) is 0 Å². The summed E-state index contributed by atoms with van der Waals surface area (Å²) in [4.78, 5) is 0. The first-order valence-electron chi connectivity index (χ1n) is 51.0. The van der Waals surface area contributed by atoms with Gasteiger partial charge in [0.1, 0.15) is 34.5 Å². The van der Waals surface area contributed by atoms with Gasteiger partial charge in [-0.3, -0.25) is 4.52 Å². The van der Waals surface area contributed by atoms with Crippen LogP contribution in [0.4, 0.5) is 0 Å². The molecule has 0 saturated heterocycles. The maximum atomic E-state index is 7.37. The van der Waals surface area contributed by atoms with Gasteiger partial charge in [-0.2, -0.15) is 0 Å². The first-order valence-corrected chi connectivity index (χ1v) is 54.3. The summed E-state index contributed by atoms with van der Waals surface area (Å²) in [6.45, 7) is 45.9. The summed E-state index contributed by atoms with van der Waals surface area (Å²) in [5.41, 5.74) is 13.6. The predicted molar refractivity (Wildman–Crippen MR) is 539 cm³/mol. The van der Waals surface area contributed by atoms with E-state index >= 15 is 0 Å². The minimum atomic E-state index is -1.98. The third-order valence-electron chi connectivity index (χ3n) is 24.9. The average Bonchev–Trinajstić information content (AvgIpc) is 0.761. The second-order valence-corrected chi connectivity index (χ2v) is 43.0. The van der Waals surface area contributed by atoms with Crippen LogP contribution in [0.1, 0.15) is 485 Å². The van der Waals surface area contributed by atoms with Gasteiger partial charge in [-0.1, -0.05) is 416 Å². The summed E-state index contributed by atoms with van der Waals surface area (Å²) in [6.07, 6.45) is 60.3. The Hall–Kier alpha value is -4.71. The lowest BCUT2D eigenvalue weighted by atomic mass is 9.74. The van der Waals surface area contributed by atoms with Crippen LogP contribution in [0.25, 0.3) is 0 Å². The van der Waals surface area contributed by atoms with Crippen molar-refractivity contribution >= 4 is 25.8 Å². The maximum Gasteiger partial charge on any atom is 0.530 e. The van der Waals surface area contributed by atoms with Crippen molar-refractivity contribution in [1.82, 2.24) is 0 Å². The van der Waals surface area contributed by atoms with Gasteiger partial charge < -0.3 is 36.2 Å². The van der Waals surface area contributed by atoms with Crippen molar-refractivity contribution in [3.63, 3.8) is 0 Å². The summed E-state index contributed by atoms with van der Waals surface area (Å²) in [7, 11) is -5.51. The summed E-state index contributed by atoms with van der Waals surface area (Å²) in [5, 5.41) is 0. The van der Waals surface area contributed by atoms with Gasteiger partial charge in [0.15, 0.2) is 0 Å². The lowest BCUT2D eigenvalue weighted by molar-refractivity contribution is 0.197. The van der Waals surface area contributed by atoms with E-state index in [-0.39, 0.29) is 28.1 Å². The monoisotopic (exact) mass is 1760 g/mol. The fourth-order valence-electron chi connectivity index (χ4n) is 17.2. The molecule has 6 aromatic rings. The van der Waals surface area contributed by atoms with Crippen LogP contribution in [-0.4, -0.2) is 19.8 Å². The zero-order valence-corrected chi connectivity index (χ0v) is 85.5. The van der Waals surface area contributed by atoms with Crippen molar-refractivity contribution in [3.05, 3.63) is 176 Å². The van der Waals surface area contributed by atoms with Crippen LogP contribution in [0.3, 0.4) is 0 Å². The highest BCUT2D eigenvalue weighted by Crippen LogP contribution is 2.53. The first kappa shape index (κ1) is 108. The van der Waals surface area contributed by atoms with Crippen LogP contribution in [0.5, 0.6) is 34.5 Å². The minimum Gasteiger partial charge on any atom is -0.426 e. The zero-order valence-electron chi connectivity index (χ0n) is 82.8. The van der Waals surface area contributed by atoms with Crippen LogP contribution in [0.2, 0.25) is 0 Å². The molecule has 0 bridgehead atoms. The summed E-state index contributed by atoms with van der Waals surface area (Å²) in [6, 6.07) is 40.4. The van der Waals surface area contributed by atoms with Crippen LogP contribution < -0.4 is 27.1 Å². The molecule has 0 aromatic heterocycles. The Bertz CT molecular complexity index is 3690. The highest BCUT2D eigenvalue weighted by Gasteiger charge is 2.35. The Balaban J connectivity index is 1.47. The van der Waals surface area contributed by atoms with E-state index in [1.807, 2.05) is 0 Å². The Morgan fingerprint density at radius 1 is 0.258 bits per heavy atom. The van der Waals surface area contributed by atoms with Crippen molar-refractivity contribution < 1.29 is 40.7 Å². The second-order valence-electron chi connectivity index (χ2n) is 39.8. The highest BCUT2D eigenvalue weighted by molar-refractivity contribution is 7.43. The molecule has 12 heteroatoms. The molecule has 0 heterocycles. The Morgan fingerprint density at radius 3 is 0.798 bits per heavy atom. The van der Waals surface area contributed by atoms with Gasteiger partial charge in [0.2, 0.25) is 0 Å². The topological polar surface area (TPSA) is 83.1 Å². The van der Waals surface area contributed by atoms with Gasteiger partial charge in [-0.25, -0.2) is 0 Å². The standard InChI is InChI=1S/C112H181O9P3/c1-20-26-32-38-44-50-56-62-77-113-122(114-78-63-57-51-45-39-33-27-21-2)119-107-82-92(9)101(88-105(107)111(14,15)16)103(102-89-106(112(17,18)19)108(83-93(102)10)120-123(115-79-64-58-52-46-40-34-28-22-3)116-97-74-65-71-94(84-97)68-59-53-47-41-35-29-23-4)80-90(7)100-87-104(110(11,12)13)109(81-91(100)8)121-124(117-98-75-66-72-95(85-98)69-60-54-48-42-36-30-24-5)118-99-76-67-73-96(86-99)70-61-55-49-43-37-31-25-6/h65-67,71-76,81-90,103H,20-64,68-70,77-80H2,1-19H3. The van der Waals surface area contributed by atoms with Gasteiger partial charge >= 0.3 is 25.8 Å². The largest absolute Gasteiger partial charge is 0.530 e. The molecular weight excluding hydrogens is 1580 g/mol. The van der Waals surface area contributed by atoms with E-state index in [0.717, 1.165) is 134 Å². The zero-order chi connectivity index (χ0) is 89.6. The van der Waals surface area contributed by atoms with Crippen molar-refractivity contribution in [1.29, 1.82) is 0 Å². The van der Waals surface area contributed by atoms with E-state index < -0.39 is 25.8 Å². The molecule has 9 nitrogen and oxygen atoms in total. The molecule has 0 amide bonds. The predicted octanol–water partition coefficient (Wildman–Crippen LogP) is 38.2. The molecule has 6 aromatic carbocycles. The van der Waals surface area contributed by atoms with Gasteiger partial charge in [0.05, 0.1) is 19.8 Å². The number of hydrogen-bond acceptors (Lipinski definition) is 9. The fraction of sp³-hybridized carbons (Fsp3) is 0.679. The average molecular weight is 1760 g/mol. The molecule has 0 radical (unpaired) electrons. The van der Waals surface area contributed by atoms with Crippen LogP contribution in [-0.2, 0) is 49.1 Å². The molecule has 3 atom stereocenters. The van der Waals surface area contributed by atoms with Gasteiger partial charge in [-0.15, -0.1) is 0 Å². The molecule has 0 spiro atoms. The number of hydrogen-bond donors (Lipinski definition) is 0. The van der Waals surface area contributed by atoms with E-state index in [9.17, 15) is 0 Å². The number of benzene rings is 6. The van der Waals surface area contributed by atoms with Crippen molar-refractivity contribution in [2.45, 2.75) is 474 Å². The molecule has 0 aliphatic heterocycles. The fourth-order valence-corrected chi connectivity index (χ4v) is 20.3. The second kappa shape index (κ2) is 62.6. The van der Waals surface area contributed by atoms with E-state index in [1.54, 1.807) is 0 Å². The smallest absolute Gasteiger partial charge is 0.426 e. The number of unbranched alkanes of at least 4 members (excludes halogenated alkanes) is 39. The molecule has 124 heavy (non-hydrogen) atoms. The number of rotatable bonds is 71. The normalized spacial score (nSPS) is 12.8. The summed E-state index contributed by atoms with van der Waals surface area (Å²) >= 11 is 0. The minimum absolute atomic E-state index is 0.0699. The third kappa shape index (κ3) is 43.3. The molecule has 0 N–H and O–H groups in total. The van der Waals surface area contributed by atoms with Crippen molar-refractivity contribution in [2.24, 2.45) is 0 Å². The lowest BCUT2D eigenvalue weighted by Crippen LogP contribution is -2.19. The molecule has 0 aliphatic carbocycles. The molecule has 6 rings (SSSR count).